The Morgan fingerprint density at radius 2 is 2.36 bits per heavy atom. The van der Waals surface area contributed by atoms with Crippen molar-refractivity contribution in [3.8, 4) is 0 Å². The molecule has 0 bridgehead atoms. The summed E-state index contributed by atoms with van der Waals surface area (Å²) in [6, 6.07) is 4.13. The first-order valence-electron chi connectivity index (χ1n) is 3.45. The maximum atomic E-state index is 5.34. The highest BCUT2D eigenvalue weighted by molar-refractivity contribution is 9.11. The van der Waals surface area contributed by atoms with E-state index in [2.05, 4.69) is 34.1 Å². The molecule has 0 unspecified atom stereocenters. The second kappa shape index (κ2) is 4.70. The summed E-state index contributed by atoms with van der Waals surface area (Å²) in [4.78, 5) is 1.27. The molecule has 2 N–H and O–H groups in total. The van der Waals surface area contributed by atoms with Crippen LogP contribution in [0.1, 0.15) is 11.3 Å². The SMILES string of the molecule is NCCC=Cc1ccc(Br)s1. The second-order valence-electron chi connectivity index (χ2n) is 2.12. The molecule has 1 rings (SSSR count). The average Bonchev–Trinajstić information content (AvgIpc) is 2.37. The van der Waals surface area contributed by atoms with Crippen molar-refractivity contribution in [3.63, 3.8) is 0 Å². The molecule has 1 aromatic heterocycles. The van der Waals surface area contributed by atoms with E-state index in [1.807, 2.05) is 6.07 Å². The minimum Gasteiger partial charge on any atom is -0.330 e. The van der Waals surface area contributed by atoms with Crippen LogP contribution in [0, 0.1) is 0 Å². The minimum atomic E-state index is 0.725. The van der Waals surface area contributed by atoms with Crippen LogP contribution in [0.3, 0.4) is 0 Å². The smallest absolute Gasteiger partial charge is 0.0704 e. The zero-order valence-electron chi connectivity index (χ0n) is 6.09. The quantitative estimate of drug-likeness (QED) is 0.851. The van der Waals surface area contributed by atoms with Crippen molar-refractivity contribution in [2.24, 2.45) is 5.73 Å². The van der Waals surface area contributed by atoms with Crippen molar-refractivity contribution in [1.29, 1.82) is 0 Å². The molecule has 0 amide bonds. The summed E-state index contributed by atoms with van der Waals surface area (Å²) in [5.74, 6) is 0. The molecule has 0 aromatic carbocycles. The van der Waals surface area contributed by atoms with Gasteiger partial charge in [0.25, 0.3) is 0 Å². The Kier molecular flexibility index (Phi) is 3.83. The maximum absolute atomic E-state index is 5.34. The van der Waals surface area contributed by atoms with E-state index in [-0.39, 0.29) is 0 Å². The highest BCUT2D eigenvalue weighted by Gasteiger charge is 1.90. The normalized spacial score (nSPS) is 11.1. The van der Waals surface area contributed by atoms with Crippen molar-refractivity contribution in [2.75, 3.05) is 6.54 Å². The first-order chi connectivity index (χ1) is 5.33. The van der Waals surface area contributed by atoms with E-state index >= 15 is 0 Å². The van der Waals surface area contributed by atoms with Crippen molar-refractivity contribution in [1.82, 2.24) is 0 Å². The molecule has 1 heterocycles. The van der Waals surface area contributed by atoms with Crippen LogP contribution in [0.4, 0.5) is 0 Å². The fourth-order valence-corrected chi connectivity index (χ4v) is 2.07. The molecule has 0 aliphatic carbocycles. The molecule has 0 spiro atoms. The first kappa shape index (κ1) is 8.97. The zero-order chi connectivity index (χ0) is 8.10. The predicted molar refractivity (Wildman–Crippen MR) is 54.7 cm³/mol. The van der Waals surface area contributed by atoms with Crippen molar-refractivity contribution in [2.45, 2.75) is 6.42 Å². The van der Waals surface area contributed by atoms with Gasteiger partial charge in [-0.25, -0.2) is 0 Å². The van der Waals surface area contributed by atoms with Crippen LogP contribution in [0.2, 0.25) is 0 Å². The standard InChI is InChI=1S/C8H10BrNS/c9-8-5-4-7(11-8)3-1-2-6-10/h1,3-5H,2,6,10H2. The topological polar surface area (TPSA) is 26.0 Å². The Balaban J connectivity index is 2.50. The number of thiophene rings is 1. The molecule has 0 atom stereocenters. The lowest BCUT2D eigenvalue weighted by Crippen LogP contribution is -1.94. The zero-order valence-corrected chi connectivity index (χ0v) is 8.49. The van der Waals surface area contributed by atoms with Crippen LogP contribution in [0.15, 0.2) is 22.0 Å². The van der Waals surface area contributed by atoms with Gasteiger partial charge in [0.05, 0.1) is 3.79 Å². The van der Waals surface area contributed by atoms with Crippen LogP contribution in [0.5, 0.6) is 0 Å². The van der Waals surface area contributed by atoms with Crippen LogP contribution >= 0.6 is 27.3 Å². The van der Waals surface area contributed by atoms with Gasteiger partial charge in [0.2, 0.25) is 0 Å². The highest BCUT2D eigenvalue weighted by atomic mass is 79.9. The summed E-state index contributed by atoms with van der Waals surface area (Å²) in [7, 11) is 0. The van der Waals surface area contributed by atoms with E-state index in [1.54, 1.807) is 11.3 Å². The number of rotatable bonds is 3. The lowest BCUT2D eigenvalue weighted by molar-refractivity contribution is 1.01. The fourth-order valence-electron chi connectivity index (χ4n) is 0.714. The monoisotopic (exact) mass is 231 g/mol. The predicted octanol–water partition coefficient (Wildman–Crippen LogP) is 2.87. The Labute approximate surface area is 79.0 Å². The molecule has 0 aliphatic rings. The summed E-state index contributed by atoms with van der Waals surface area (Å²) in [6.45, 7) is 0.725. The molecule has 1 nitrogen and oxygen atoms in total. The summed E-state index contributed by atoms with van der Waals surface area (Å²) < 4.78 is 1.17. The minimum absolute atomic E-state index is 0.725. The van der Waals surface area contributed by atoms with Crippen molar-refractivity contribution >= 4 is 33.3 Å². The first-order valence-corrected chi connectivity index (χ1v) is 5.06. The van der Waals surface area contributed by atoms with E-state index < -0.39 is 0 Å². The molecule has 0 radical (unpaired) electrons. The second-order valence-corrected chi connectivity index (χ2v) is 4.62. The molecule has 1 aromatic rings. The van der Waals surface area contributed by atoms with Gasteiger partial charge in [-0.2, -0.15) is 0 Å². The van der Waals surface area contributed by atoms with Crippen LogP contribution < -0.4 is 5.73 Å². The number of halogens is 1. The van der Waals surface area contributed by atoms with E-state index in [1.165, 1.54) is 8.66 Å². The molecular weight excluding hydrogens is 222 g/mol. The summed E-state index contributed by atoms with van der Waals surface area (Å²) in [6.07, 6.45) is 5.15. The summed E-state index contributed by atoms with van der Waals surface area (Å²) in [5.41, 5.74) is 5.34. The van der Waals surface area contributed by atoms with Crippen LogP contribution in [-0.4, -0.2) is 6.54 Å². The number of nitrogens with two attached hydrogens (primary N) is 1. The molecule has 60 valence electrons. The Bertz CT molecular complexity index is 242. The van der Waals surface area contributed by atoms with Crippen LogP contribution in [0.25, 0.3) is 6.08 Å². The molecule has 0 fully saturated rings. The van der Waals surface area contributed by atoms with Gasteiger partial charge in [-0.15, -0.1) is 11.3 Å². The average molecular weight is 232 g/mol. The molecule has 0 aliphatic heterocycles. The largest absolute Gasteiger partial charge is 0.330 e. The van der Waals surface area contributed by atoms with Gasteiger partial charge in [-0.3, -0.25) is 0 Å². The Morgan fingerprint density at radius 1 is 1.55 bits per heavy atom. The number of hydrogen-bond acceptors (Lipinski definition) is 2. The third kappa shape index (κ3) is 3.18. The van der Waals surface area contributed by atoms with Gasteiger partial charge in [-0.05, 0) is 47.1 Å². The van der Waals surface area contributed by atoms with Gasteiger partial charge in [0, 0.05) is 4.88 Å². The fraction of sp³-hybridized carbons (Fsp3) is 0.250. The molecule has 11 heavy (non-hydrogen) atoms. The van der Waals surface area contributed by atoms with Crippen molar-refractivity contribution in [3.05, 3.63) is 26.9 Å². The van der Waals surface area contributed by atoms with Gasteiger partial charge in [0.15, 0.2) is 0 Å². The third-order valence-electron chi connectivity index (χ3n) is 1.21. The Morgan fingerprint density at radius 3 is 2.91 bits per heavy atom. The van der Waals surface area contributed by atoms with E-state index in [4.69, 9.17) is 5.73 Å². The molecule has 3 heteroatoms. The summed E-state index contributed by atoms with van der Waals surface area (Å²) >= 11 is 5.13. The third-order valence-corrected chi connectivity index (χ3v) is 2.80. The van der Waals surface area contributed by atoms with E-state index in [9.17, 15) is 0 Å². The summed E-state index contributed by atoms with van der Waals surface area (Å²) in [5, 5.41) is 0. The Hall–Kier alpha value is -0.120. The molecular formula is C8H10BrNS. The van der Waals surface area contributed by atoms with Gasteiger partial charge < -0.3 is 5.73 Å². The van der Waals surface area contributed by atoms with Crippen LogP contribution in [-0.2, 0) is 0 Å². The maximum Gasteiger partial charge on any atom is 0.0704 e. The molecule has 0 saturated heterocycles. The van der Waals surface area contributed by atoms with Gasteiger partial charge in [0.1, 0.15) is 0 Å². The molecule has 0 saturated carbocycles. The van der Waals surface area contributed by atoms with Gasteiger partial charge >= 0.3 is 0 Å². The lowest BCUT2D eigenvalue weighted by atomic mass is 10.3. The highest BCUT2D eigenvalue weighted by Crippen LogP contribution is 2.22. The van der Waals surface area contributed by atoms with E-state index in [0.717, 1.165) is 13.0 Å². The van der Waals surface area contributed by atoms with E-state index in [0.29, 0.717) is 0 Å². The van der Waals surface area contributed by atoms with Crippen molar-refractivity contribution < 1.29 is 0 Å². The number of hydrogen-bond donors (Lipinski definition) is 1. The van der Waals surface area contributed by atoms with Gasteiger partial charge in [-0.1, -0.05) is 6.08 Å². The lowest BCUT2D eigenvalue weighted by Gasteiger charge is -1.83.